The molecule has 3 rings (SSSR count). The first-order valence-corrected chi connectivity index (χ1v) is 8.39. The second-order valence-electron chi connectivity index (χ2n) is 5.87. The molecule has 0 spiro atoms. The van der Waals surface area contributed by atoms with Gasteiger partial charge in [-0.3, -0.25) is 4.79 Å². The molecule has 0 atom stereocenters. The van der Waals surface area contributed by atoms with Gasteiger partial charge in [0.15, 0.2) is 0 Å². The molecule has 2 aliphatic rings. The lowest BCUT2D eigenvalue weighted by Gasteiger charge is -2.34. The van der Waals surface area contributed by atoms with E-state index < -0.39 is 5.97 Å². The van der Waals surface area contributed by atoms with Gasteiger partial charge in [0.2, 0.25) is 0 Å². The molecule has 114 valence electrons. The summed E-state index contributed by atoms with van der Waals surface area (Å²) >= 11 is 1.65. The maximum Gasteiger partial charge on any atom is 0.320 e. The van der Waals surface area contributed by atoms with Crippen molar-refractivity contribution in [2.24, 2.45) is 5.92 Å². The van der Waals surface area contributed by atoms with Crippen LogP contribution in [0.3, 0.4) is 0 Å². The van der Waals surface area contributed by atoms with Crippen molar-refractivity contribution in [3.05, 3.63) is 22.4 Å². The molecule has 2 heterocycles. The van der Waals surface area contributed by atoms with Crippen LogP contribution in [-0.4, -0.2) is 46.0 Å². The Hall–Kier alpha value is -1.56. The van der Waals surface area contributed by atoms with Crippen molar-refractivity contribution >= 4 is 23.3 Å². The van der Waals surface area contributed by atoms with Gasteiger partial charge in [0, 0.05) is 25.7 Å². The summed E-state index contributed by atoms with van der Waals surface area (Å²) in [6.45, 7) is 1.79. The number of nitrogens with zero attached hydrogens (tertiary/aromatic N) is 2. The highest BCUT2D eigenvalue weighted by molar-refractivity contribution is 7.07. The Morgan fingerprint density at radius 1 is 1.29 bits per heavy atom. The van der Waals surface area contributed by atoms with E-state index in [0.717, 1.165) is 12.8 Å². The van der Waals surface area contributed by atoms with Crippen LogP contribution in [0.5, 0.6) is 0 Å². The maximum atomic E-state index is 12.7. The highest BCUT2D eigenvalue weighted by atomic mass is 32.1. The van der Waals surface area contributed by atoms with Crippen molar-refractivity contribution < 1.29 is 14.7 Å². The minimum absolute atomic E-state index is 0.0764. The van der Waals surface area contributed by atoms with Crippen LogP contribution in [0.4, 0.5) is 4.79 Å². The first kappa shape index (κ1) is 14.4. The molecule has 1 aromatic rings. The number of amides is 2. The molecule has 6 heteroatoms. The molecule has 0 aromatic carbocycles. The number of rotatable bonds is 4. The normalized spacial score (nSPS) is 19.5. The number of carboxylic acid groups (broad SMARTS) is 1. The molecule has 1 saturated heterocycles. The highest BCUT2D eigenvalue weighted by Crippen LogP contribution is 2.30. The third kappa shape index (κ3) is 3.37. The number of hydrogen-bond acceptors (Lipinski definition) is 3. The summed E-state index contributed by atoms with van der Waals surface area (Å²) in [5.74, 6) is -1.03. The van der Waals surface area contributed by atoms with Crippen molar-refractivity contribution in [3.8, 4) is 0 Å². The lowest BCUT2D eigenvalue weighted by Crippen LogP contribution is -2.48. The average Bonchev–Trinajstić information content (AvgIpc) is 3.20. The molecule has 0 radical (unpaired) electrons. The van der Waals surface area contributed by atoms with Gasteiger partial charge in [0.05, 0.1) is 5.92 Å². The zero-order valence-corrected chi connectivity index (χ0v) is 12.7. The summed E-state index contributed by atoms with van der Waals surface area (Å²) in [4.78, 5) is 27.5. The van der Waals surface area contributed by atoms with E-state index in [4.69, 9.17) is 5.11 Å². The molecule has 0 unspecified atom stereocenters. The van der Waals surface area contributed by atoms with Crippen LogP contribution in [0.1, 0.15) is 31.2 Å². The van der Waals surface area contributed by atoms with Crippen molar-refractivity contribution in [3.63, 3.8) is 0 Å². The number of carbonyl (C=O) groups excluding carboxylic acids is 1. The van der Waals surface area contributed by atoms with Crippen molar-refractivity contribution in [2.75, 3.05) is 13.1 Å². The van der Waals surface area contributed by atoms with Crippen LogP contribution < -0.4 is 0 Å². The zero-order chi connectivity index (χ0) is 14.8. The highest BCUT2D eigenvalue weighted by Gasteiger charge is 2.36. The van der Waals surface area contributed by atoms with E-state index >= 15 is 0 Å². The molecule has 2 fully saturated rings. The molecule has 1 aliphatic carbocycles. The van der Waals surface area contributed by atoms with Crippen LogP contribution in [0, 0.1) is 5.92 Å². The first-order valence-electron chi connectivity index (χ1n) is 7.44. The molecule has 5 nitrogen and oxygen atoms in total. The molecule has 1 N–H and O–H groups in total. The summed E-state index contributed by atoms with van der Waals surface area (Å²) < 4.78 is 0. The van der Waals surface area contributed by atoms with Gasteiger partial charge in [-0.15, -0.1) is 0 Å². The fourth-order valence-electron chi connectivity index (χ4n) is 2.82. The number of carboxylic acids is 1. The topological polar surface area (TPSA) is 60.9 Å². The fourth-order valence-corrected chi connectivity index (χ4v) is 3.48. The number of thiophene rings is 1. The number of likely N-dealkylation sites (tertiary alicyclic amines) is 1. The summed E-state index contributed by atoms with van der Waals surface area (Å²) in [5.41, 5.74) is 1.18. The SMILES string of the molecule is O=C(O)C1CCN(C(=O)N(Cc2ccsc2)C2CC2)CC1. The van der Waals surface area contributed by atoms with Gasteiger partial charge in [-0.2, -0.15) is 11.3 Å². The number of carbonyl (C=O) groups is 2. The van der Waals surface area contributed by atoms with Gasteiger partial charge in [-0.05, 0) is 48.1 Å². The summed E-state index contributed by atoms with van der Waals surface area (Å²) in [6, 6.07) is 2.51. The van der Waals surface area contributed by atoms with Crippen molar-refractivity contribution in [2.45, 2.75) is 38.3 Å². The van der Waals surface area contributed by atoms with Crippen LogP contribution in [0.15, 0.2) is 16.8 Å². The molecule has 1 aliphatic heterocycles. The quantitative estimate of drug-likeness (QED) is 0.930. The van der Waals surface area contributed by atoms with Gasteiger partial charge < -0.3 is 14.9 Å². The Labute approximate surface area is 128 Å². The minimum Gasteiger partial charge on any atom is -0.481 e. The smallest absolute Gasteiger partial charge is 0.320 e. The third-order valence-electron chi connectivity index (χ3n) is 4.28. The van der Waals surface area contributed by atoms with Crippen LogP contribution in [-0.2, 0) is 11.3 Å². The minimum atomic E-state index is -0.737. The fraction of sp³-hybridized carbons (Fsp3) is 0.600. The standard InChI is InChI=1S/C15H20N2O3S/c18-14(19)12-3-6-16(7-4-12)15(20)17(13-1-2-13)9-11-5-8-21-10-11/h5,8,10,12-13H,1-4,6-7,9H2,(H,18,19). The Bertz CT molecular complexity index is 505. The summed E-state index contributed by atoms with van der Waals surface area (Å²) in [7, 11) is 0. The predicted octanol–water partition coefficient (Wildman–Crippen LogP) is 2.63. The molecule has 21 heavy (non-hydrogen) atoms. The van der Waals surface area contributed by atoms with Crippen LogP contribution in [0.2, 0.25) is 0 Å². The molecule has 1 saturated carbocycles. The van der Waals surface area contributed by atoms with Gasteiger partial charge in [0.1, 0.15) is 0 Å². The second kappa shape index (κ2) is 6.05. The molecular formula is C15H20N2O3S. The van der Waals surface area contributed by atoms with E-state index in [2.05, 4.69) is 11.4 Å². The largest absolute Gasteiger partial charge is 0.481 e. The number of aliphatic carboxylic acids is 1. The van der Waals surface area contributed by atoms with E-state index in [1.54, 1.807) is 11.3 Å². The van der Waals surface area contributed by atoms with Crippen LogP contribution in [0.25, 0.3) is 0 Å². The third-order valence-corrected chi connectivity index (χ3v) is 5.01. The Kier molecular flexibility index (Phi) is 4.14. The van der Waals surface area contributed by atoms with Gasteiger partial charge in [0.25, 0.3) is 0 Å². The van der Waals surface area contributed by atoms with Gasteiger partial charge in [-0.1, -0.05) is 0 Å². The molecule has 2 amide bonds. The Morgan fingerprint density at radius 2 is 2.00 bits per heavy atom. The first-order chi connectivity index (χ1) is 10.1. The Balaban J connectivity index is 1.61. The zero-order valence-electron chi connectivity index (χ0n) is 11.9. The van der Waals surface area contributed by atoms with Gasteiger partial charge >= 0.3 is 12.0 Å². The predicted molar refractivity (Wildman–Crippen MR) is 80.2 cm³/mol. The van der Waals surface area contributed by atoms with Crippen molar-refractivity contribution in [1.82, 2.24) is 9.80 Å². The molecule has 0 bridgehead atoms. The lowest BCUT2D eigenvalue weighted by molar-refractivity contribution is -0.143. The molecular weight excluding hydrogens is 288 g/mol. The average molecular weight is 308 g/mol. The van der Waals surface area contributed by atoms with E-state index in [1.165, 1.54) is 5.56 Å². The monoisotopic (exact) mass is 308 g/mol. The van der Waals surface area contributed by atoms with E-state index in [-0.39, 0.29) is 11.9 Å². The van der Waals surface area contributed by atoms with Crippen LogP contribution >= 0.6 is 11.3 Å². The van der Waals surface area contributed by atoms with E-state index in [9.17, 15) is 9.59 Å². The van der Waals surface area contributed by atoms with Gasteiger partial charge in [-0.25, -0.2) is 4.79 Å². The number of urea groups is 1. The summed E-state index contributed by atoms with van der Waals surface area (Å²) in [6.07, 6.45) is 3.30. The van der Waals surface area contributed by atoms with E-state index in [1.807, 2.05) is 15.2 Å². The van der Waals surface area contributed by atoms with Crippen molar-refractivity contribution in [1.29, 1.82) is 0 Å². The number of hydrogen-bond donors (Lipinski definition) is 1. The summed E-state index contributed by atoms with van der Waals surface area (Å²) in [5, 5.41) is 13.1. The lowest BCUT2D eigenvalue weighted by atomic mass is 9.97. The second-order valence-corrected chi connectivity index (χ2v) is 6.65. The molecule has 1 aromatic heterocycles. The maximum absolute atomic E-state index is 12.7. The van der Waals surface area contributed by atoms with E-state index in [0.29, 0.717) is 38.5 Å². The number of piperidine rings is 1. The Morgan fingerprint density at radius 3 is 2.52 bits per heavy atom.